The number of hydrogen-bond donors (Lipinski definition) is 1. The van der Waals surface area contributed by atoms with E-state index < -0.39 is 0 Å². The van der Waals surface area contributed by atoms with Crippen molar-refractivity contribution in [3.63, 3.8) is 0 Å². The number of nitrogens with zero attached hydrogens (tertiary/aromatic N) is 1. The van der Waals surface area contributed by atoms with E-state index in [2.05, 4.69) is 47.7 Å². The zero-order chi connectivity index (χ0) is 30.5. The van der Waals surface area contributed by atoms with E-state index >= 15 is 0 Å². The summed E-state index contributed by atoms with van der Waals surface area (Å²) in [6, 6.07) is 8.95. The van der Waals surface area contributed by atoms with Crippen LogP contribution in [-0.2, 0) is 13.0 Å². The van der Waals surface area contributed by atoms with E-state index in [-0.39, 0.29) is 0 Å². The molecule has 2 heteroatoms. The first-order valence-electron chi connectivity index (χ1n) is 19.9. The van der Waals surface area contributed by atoms with E-state index in [4.69, 9.17) is 0 Å². The molecule has 0 amide bonds. The normalized spacial score (nSPS) is 11.7. The van der Waals surface area contributed by atoms with Crippen LogP contribution in [0.5, 0.6) is 0 Å². The van der Waals surface area contributed by atoms with Gasteiger partial charge in [-0.3, -0.25) is 0 Å². The lowest BCUT2D eigenvalue weighted by Gasteiger charge is -2.05. The van der Waals surface area contributed by atoms with Crippen LogP contribution in [0.25, 0.3) is 11.0 Å². The Labute approximate surface area is 269 Å². The number of H-pyrrole nitrogens is 1. The van der Waals surface area contributed by atoms with E-state index in [0.29, 0.717) is 0 Å². The fourth-order valence-electron chi connectivity index (χ4n) is 6.94. The van der Waals surface area contributed by atoms with Crippen molar-refractivity contribution in [2.24, 2.45) is 0 Å². The van der Waals surface area contributed by atoms with Crippen LogP contribution >= 0.6 is 0 Å². The van der Waals surface area contributed by atoms with Crippen molar-refractivity contribution in [3.8, 4) is 0 Å². The average Bonchev–Trinajstić information content (AvgIpc) is 3.38. The molecule has 43 heavy (non-hydrogen) atoms. The highest BCUT2D eigenvalue weighted by atomic mass is 15.1. The van der Waals surface area contributed by atoms with Gasteiger partial charge in [-0.15, -0.1) is 0 Å². The molecule has 1 aromatic carbocycles. The van der Waals surface area contributed by atoms with Crippen LogP contribution in [0.4, 0.5) is 0 Å². The Hall–Kier alpha value is -1.31. The smallest absolute Gasteiger partial charge is 0.241 e. The first kappa shape index (κ1) is 37.9. The number of nitrogens with one attached hydrogen (secondary N) is 1. The third kappa shape index (κ3) is 19.6. The summed E-state index contributed by atoms with van der Waals surface area (Å²) in [4.78, 5) is 3.78. The highest BCUT2D eigenvalue weighted by molar-refractivity contribution is 5.71. The number of para-hydroxylation sites is 2. The molecule has 0 bridgehead atoms. The van der Waals surface area contributed by atoms with Crippen LogP contribution in [0.15, 0.2) is 24.3 Å². The molecule has 2 rings (SSSR count). The summed E-state index contributed by atoms with van der Waals surface area (Å²) in [6.45, 7) is 5.79. The summed E-state index contributed by atoms with van der Waals surface area (Å²) in [5, 5.41) is 0. The number of hydrogen-bond acceptors (Lipinski definition) is 0. The predicted octanol–water partition coefficient (Wildman–Crippen LogP) is 13.7. The third-order valence-corrected chi connectivity index (χ3v) is 9.80. The second-order valence-electron chi connectivity index (χ2n) is 13.9. The average molecular weight is 596 g/mol. The molecule has 0 saturated carbocycles. The summed E-state index contributed by atoms with van der Waals surface area (Å²) < 4.78 is 2.61. The standard InChI is InChI=1S/C41H74N2/c1-3-5-7-9-11-13-15-17-19-21-23-25-27-29-31-37-41-42-39-35-32-33-36-40(39)43(41)38-34-30-28-26-24-22-20-18-16-14-12-10-8-6-4-2/h32-33,35-36H,3-31,34,37-38H2,1-2H3/p+1. The summed E-state index contributed by atoms with van der Waals surface area (Å²) in [6.07, 6.45) is 44.2. The number of imidazole rings is 1. The van der Waals surface area contributed by atoms with Crippen LogP contribution in [0, 0.1) is 0 Å². The Bertz CT molecular complexity index is 853. The summed E-state index contributed by atoms with van der Waals surface area (Å²) >= 11 is 0. The minimum absolute atomic E-state index is 1.18. The maximum Gasteiger partial charge on any atom is 0.255 e. The minimum atomic E-state index is 1.18. The van der Waals surface area contributed by atoms with E-state index in [0.717, 1.165) is 0 Å². The van der Waals surface area contributed by atoms with Crippen LogP contribution in [0.3, 0.4) is 0 Å². The van der Waals surface area contributed by atoms with Crippen LogP contribution in [0.2, 0.25) is 0 Å². The molecule has 0 saturated heterocycles. The molecule has 0 aliphatic rings. The Kier molecular flexibility index (Phi) is 24.8. The molecule has 1 N–H and O–H groups in total. The lowest BCUT2D eigenvalue weighted by atomic mass is 10.0. The Balaban J connectivity index is 1.48. The van der Waals surface area contributed by atoms with Gasteiger partial charge >= 0.3 is 0 Å². The van der Waals surface area contributed by atoms with E-state index in [9.17, 15) is 0 Å². The number of aromatic nitrogens is 2. The SMILES string of the molecule is CCCCCCCCCCCCCCCCCc1[nH]c2ccccc2[n+]1CCCCCCCCCCCCCCCCC. The Morgan fingerprint density at radius 2 is 0.767 bits per heavy atom. The van der Waals surface area contributed by atoms with Crippen molar-refractivity contribution >= 4 is 11.0 Å². The summed E-state index contributed by atoms with van der Waals surface area (Å²) in [5.74, 6) is 1.46. The van der Waals surface area contributed by atoms with Gasteiger partial charge in [-0.2, -0.15) is 0 Å². The van der Waals surface area contributed by atoms with Crippen molar-refractivity contribution in [3.05, 3.63) is 30.1 Å². The van der Waals surface area contributed by atoms with Gasteiger partial charge in [-0.1, -0.05) is 199 Å². The van der Waals surface area contributed by atoms with Gasteiger partial charge < -0.3 is 0 Å². The molecule has 0 spiro atoms. The Morgan fingerprint density at radius 1 is 0.419 bits per heavy atom. The van der Waals surface area contributed by atoms with E-state index in [1.54, 1.807) is 0 Å². The maximum absolute atomic E-state index is 3.78. The quantitative estimate of drug-likeness (QED) is 0.0641. The second-order valence-corrected chi connectivity index (χ2v) is 13.9. The van der Waals surface area contributed by atoms with Crippen LogP contribution < -0.4 is 4.57 Å². The molecule has 2 aromatic rings. The van der Waals surface area contributed by atoms with Gasteiger partial charge in [0.15, 0.2) is 11.0 Å². The maximum atomic E-state index is 3.78. The fraction of sp³-hybridized carbons (Fsp3) is 0.829. The highest BCUT2D eigenvalue weighted by Crippen LogP contribution is 2.17. The van der Waals surface area contributed by atoms with Gasteiger partial charge in [0, 0.05) is 6.42 Å². The molecule has 1 aromatic heterocycles. The number of unbranched alkanes of at least 4 members (excludes halogenated alkanes) is 28. The number of aromatic amines is 1. The van der Waals surface area contributed by atoms with Gasteiger partial charge in [0.05, 0.1) is 6.54 Å². The number of aryl methyl sites for hydroxylation is 2. The van der Waals surface area contributed by atoms with Gasteiger partial charge in [-0.05, 0) is 31.4 Å². The molecular formula is C41H75N2+. The predicted molar refractivity (Wildman–Crippen MR) is 192 cm³/mol. The highest BCUT2D eigenvalue weighted by Gasteiger charge is 2.17. The van der Waals surface area contributed by atoms with Crippen molar-refractivity contribution < 1.29 is 4.57 Å². The van der Waals surface area contributed by atoms with Gasteiger partial charge in [0.2, 0.25) is 0 Å². The van der Waals surface area contributed by atoms with Crippen LogP contribution in [-0.4, -0.2) is 4.98 Å². The monoisotopic (exact) mass is 596 g/mol. The van der Waals surface area contributed by atoms with Gasteiger partial charge in [-0.25, -0.2) is 9.55 Å². The molecule has 1 heterocycles. The number of fused-ring (bicyclic) bond motifs is 1. The van der Waals surface area contributed by atoms with Gasteiger partial charge in [0.25, 0.3) is 5.82 Å². The molecule has 0 radical (unpaired) electrons. The first-order valence-corrected chi connectivity index (χ1v) is 19.9. The largest absolute Gasteiger partial charge is 0.255 e. The van der Waals surface area contributed by atoms with Crippen molar-refractivity contribution in [1.29, 1.82) is 0 Å². The molecular weight excluding hydrogens is 520 g/mol. The molecule has 0 atom stereocenters. The second kappa shape index (κ2) is 28.2. The zero-order valence-electron chi connectivity index (χ0n) is 29.4. The lowest BCUT2D eigenvalue weighted by Crippen LogP contribution is -2.37. The third-order valence-electron chi connectivity index (χ3n) is 9.80. The fourth-order valence-corrected chi connectivity index (χ4v) is 6.94. The molecule has 0 fully saturated rings. The van der Waals surface area contributed by atoms with Crippen LogP contribution in [0.1, 0.15) is 212 Å². The van der Waals surface area contributed by atoms with Crippen molar-refractivity contribution in [1.82, 2.24) is 4.98 Å². The van der Waals surface area contributed by atoms with E-state index in [1.807, 2.05) is 0 Å². The van der Waals surface area contributed by atoms with Crippen molar-refractivity contribution in [2.75, 3.05) is 0 Å². The summed E-state index contributed by atoms with van der Waals surface area (Å²) in [5.41, 5.74) is 2.73. The summed E-state index contributed by atoms with van der Waals surface area (Å²) in [7, 11) is 0. The van der Waals surface area contributed by atoms with E-state index in [1.165, 1.54) is 222 Å². The first-order chi connectivity index (χ1) is 21.4. The van der Waals surface area contributed by atoms with Crippen molar-refractivity contribution in [2.45, 2.75) is 219 Å². The molecule has 0 aliphatic heterocycles. The zero-order valence-corrected chi connectivity index (χ0v) is 29.4. The van der Waals surface area contributed by atoms with Gasteiger partial charge in [0.1, 0.15) is 0 Å². The number of rotatable bonds is 32. The topological polar surface area (TPSA) is 19.7 Å². The minimum Gasteiger partial charge on any atom is -0.241 e. The Morgan fingerprint density at radius 3 is 1.19 bits per heavy atom. The lowest BCUT2D eigenvalue weighted by molar-refractivity contribution is -0.679. The number of benzene rings is 1. The molecule has 2 nitrogen and oxygen atoms in total. The molecule has 248 valence electrons. The molecule has 0 aliphatic carbocycles. The molecule has 0 unspecified atom stereocenters.